The number of halogens is 2. The van der Waals surface area contributed by atoms with Crippen LogP contribution in [0.1, 0.15) is 21.6 Å². The summed E-state index contributed by atoms with van der Waals surface area (Å²) in [5, 5.41) is 4.08. The molecule has 20 heavy (non-hydrogen) atoms. The molecular weight excluding hydrogens is 295 g/mol. The van der Waals surface area contributed by atoms with Gasteiger partial charge < -0.3 is 5.32 Å². The van der Waals surface area contributed by atoms with Gasteiger partial charge in [0.2, 0.25) is 0 Å². The molecule has 0 unspecified atom stereocenters. The zero-order chi connectivity index (χ0) is 14.5. The Morgan fingerprint density at radius 2 is 2.10 bits per heavy atom. The van der Waals surface area contributed by atoms with E-state index in [9.17, 15) is 4.79 Å². The lowest BCUT2D eigenvalue weighted by Crippen LogP contribution is -2.26. The van der Waals surface area contributed by atoms with Crippen LogP contribution in [-0.4, -0.2) is 17.4 Å². The third kappa shape index (κ3) is 3.71. The quantitative estimate of drug-likeness (QED) is 0.936. The number of benzene rings is 1. The van der Waals surface area contributed by atoms with E-state index in [1.165, 1.54) is 0 Å². The molecule has 0 saturated carbocycles. The fourth-order valence-corrected chi connectivity index (χ4v) is 2.36. The maximum absolute atomic E-state index is 12.0. The molecule has 1 aromatic heterocycles. The molecule has 0 aliphatic carbocycles. The Morgan fingerprint density at radius 3 is 2.80 bits per heavy atom. The minimum absolute atomic E-state index is 0.124. The summed E-state index contributed by atoms with van der Waals surface area (Å²) < 4.78 is 0. The van der Waals surface area contributed by atoms with Gasteiger partial charge in [0.25, 0.3) is 5.91 Å². The topological polar surface area (TPSA) is 42.0 Å². The summed E-state index contributed by atoms with van der Waals surface area (Å²) in [7, 11) is 0. The minimum atomic E-state index is -0.124. The van der Waals surface area contributed by atoms with Crippen molar-refractivity contribution in [3.8, 4) is 0 Å². The zero-order valence-corrected chi connectivity index (χ0v) is 12.5. The number of carbonyl (C=O) groups excluding carboxylic acids is 1. The summed E-state index contributed by atoms with van der Waals surface area (Å²) >= 11 is 11.9. The van der Waals surface area contributed by atoms with Gasteiger partial charge in [-0.2, -0.15) is 0 Å². The summed E-state index contributed by atoms with van der Waals surface area (Å²) in [6, 6.07) is 8.86. The maximum Gasteiger partial charge on any atom is 0.253 e. The molecule has 1 heterocycles. The molecule has 0 fully saturated rings. The Morgan fingerprint density at radius 1 is 1.30 bits per heavy atom. The van der Waals surface area contributed by atoms with Crippen molar-refractivity contribution in [3.63, 3.8) is 0 Å². The molecule has 0 aliphatic heterocycles. The number of pyridine rings is 1. The van der Waals surface area contributed by atoms with E-state index in [0.717, 1.165) is 11.3 Å². The lowest BCUT2D eigenvalue weighted by Gasteiger charge is -2.08. The Hall–Kier alpha value is -1.58. The molecule has 1 aromatic carbocycles. The lowest BCUT2D eigenvalue weighted by molar-refractivity contribution is 0.0953. The molecule has 0 atom stereocenters. The number of hydrogen-bond acceptors (Lipinski definition) is 2. The van der Waals surface area contributed by atoms with Crippen LogP contribution in [0.3, 0.4) is 0 Å². The van der Waals surface area contributed by atoms with Gasteiger partial charge in [-0.25, -0.2) is 0 Å². The monoisotopic (exact) mass is 308 g/mol. The van der Waals surface area contributed by atoms with Crippen LogP contribution in [-0.2, 0) is 6.42 Å². The zero-order valence-electron chi connectivity index (χ0n) is 11.0. The Balaban J connectivity index is 1.93. The van der Waals surface area contributed by atoms with Gasteiger partial charge in [0, 0.05) is 28.5 Å². The van der Waals surface area contributed by atoms with Gasteiger partial charge in [0.05, 0.1) is 5.56 Å². The molecule has 5 heteroatoms. The summed E-state index contributed by atoms with van der Waals surface area (Å²) in [6.45, 7) is 2.32. The van der Waals surface area contributed by atoms with Crippen molar-refractivity contribution in [1.82, 2.24) is 10.3 Å². The summed E-state index contributed by atoms with van der Waals surface area (Å²) in [6.07, 6.45) is 2.32. The summed E-state index contributed by atoms with van der Waals surface area (Å²) in [4.78, 5) is 16.1. The molecular formula is C15H14Cl2N2O. The highest BCUT2D eigenvalue weighted by atomic mass is 35.5. The van der Waals surface area contributed by atoms with Crippen LogP contribution >= 0.6 is 23.2 Å². The highest BCUT2D eigenvalue weighted by molar-refractivity contribution is 6.35. The van der Waals surface area contributed by atoms with Crippen molar-refractivity contribution >= 4 is 29.1 Å². The first-order chi connectivity index (χ1) is 9.58. The van der Waals surface area contributed by atoms with Crippen LogP contribution in [0.25, 0.3) is 0 Å². The Labute approximate surface area is 127 Å². The largest absolute Gasteiger partial charge is 0.352 e. The highest BCUT2D eigenvalue weighted by Crippen LogP contribution is 2.21. The molecule has 1 N–H and O–H groups in total. The number of aryl methyl sites for hydroxylation is 1. The minimum Gasteiger partial charge on any atom is -0.352 e. The van der Waals surface area contributed by atoms with Crippen molar-refractivity contribution in [3.05, 3.63) is 63.4 Å². The van der Waals surface area contributed by atoms with E-state index in [-0.39, 0.29) is 5.91 Å². The molecule has 3 nitrogen and oxygen atoms in total. The van der Waals surface area contributed by atoms with Crippen molar-refractivity contribution < 1.29 is 4.79 Å². The van der Waals surface area contributed by atoms with Gasteiger partial charge >= 0.3 is 0 Å². The predicted molar refractivity (Wildman–Crippen MR) is 81.5 cm³/mol. The predicted octanol–water partition coefficient (Wildman–Crippen LogP) is 3.67. The van der Waals surface area contributed by atoms with E-state index in [4.69, 9.17) is 23.2 Å². The molecule has 104 valence electrons. The van der Waals surface area contributed by atoms with E-state index in [1.54, 1.807) is 30.5 Å². The van der Waals surface area contributed by atoms with Crippen molar-refractivity contribution in [2.75, 3.05) is 6.54 Å². The second-order valence-corrected chi connectivity index (χ2v) is 5.22. The van der Waals surface area contributed by atoms with E-state index in [1.807, 2.05) is 13.0 Å². The number of hydrogen-bond donors (Lipinski definition) is 1. The van der Waals surface area contributed by atoms with E-state index in [0.29, 0.717) is 28.6 Å². The number of nitrogens with one attached hydrogen (secondary N) is 1. The number of aromatic nitrogens is 1. The standard InChI is InChI=1S/C15H14Cl2N2O/c1-10-13(3-2-7-18-10)15(20)19-8-6-11-4-5-12(16)9-14(11)17/h2-5,7,9H,6,8H2,1H3,(H,19,20). The maximum atomic E-state index is 12.0. The second kappa shape index (κ2) is 6.73. The van der Waals surface area contributed by atoms with Crippen molar-refractivity contribution in [2.24, 2.45) is 0 Å². The average molecular weight is 309 g/mol. The third-order valence-electron chi connectivity index (χ3n) is 2.95. The Bertz CT molecular complexity index is 629. The van der Waals surface area contributed by atoms with Crippen molar-refractivity contribution in [2.45, 2.75) is 13.3 Å². The van der Waals surface area contributed by atoms with Gasteiger partial charge in [-0.05, 0) is 43.2 Å². The van der Waals surface area contributed by atoms with E-state index >= 15 is 0 Å². The molecule has 2 rings (SSSR count). The van der Waals surface area contributed by atoms with Gasteiger partial charge in [-0.3, -0.25) is 9.78 Å². The van der Waals surface area contributed by atoms with Gasteiger partial charge in [0.15, 0.2) is 0 Å². The fourth-order valence-electron chi connectivity index (χ4n) is 1.85. The van der Waals surface area contributed by atoms with Crippen LogP contribution in [0.4, 0.5) is 0 Å². The molecule has 0 saturated heterocycles. The highest BCUT2D eigenvalue weighted by Gasteiger charge is 2.08. The first kappa shape index (κ1) is 14.8. The first-order valence-corrected chi connectivity index (χ1v) is 6.97. The van der Waals surface area contributed by atoms with Crippen LogP contribution < -0.4 is 5.32 Å². The van der Waals surface area contributed by atoms with Crippen LogP contribution in [0.5, 0.6) is 0 Å². The van der Waals surface area contributed by atoms with Gasteiger partial charge in [-0.15, -0.1) is 0 Å². The van der Waals surface area contributed by atoms with Crippen LogP contribution in [0, 0.1) is 6.92 Å². The van der Waals surface area contributed by atoms with Crippen LogP contribution in [0.15, 0.2) is 36.5 Å². The van der Waals surface area contributed by atoms with Gasteiger partial charge in [0.1, 0.15) is 0 Å². The Kier molecular flexibility index (Phi) is 4.99. The smallest absolute Gasteiger partial charge is 0.253 e. The van der Waals surface area contributed by atoms with Crippen molar-refractivity contribution in [1.29, 1.82) is 0 Å². The second-order valence-electron chi connectivity index (χ2n) is 4.38. The first-order valence-electron chi connectivity index (χ1n) is 6.21. The summed E-state index contributed by atoms with van der Waals surface area (Å²) in [5.41, 5.74) is 2.27. The number of carbonyl (C=O) groups is 1. The van der Waals surface area contributed by atoms with Gasteiger partial charge in [-0.1, -0.05) is 29.3 Å². The van der Waals surface area contributed by atoms with E-state index in [2.05, 4.69) is 10.3 Å². The number of amides is 1. The molecule has 0 radical (unpaired) electrons. The van der Waals surface area contributed by atoms with E-state index < -0.39 is 0 Å². The molecule has 0 bridgehead atoms. The number of nitrogens with zero attached hydrogens (tertiary/aromatic N) is 1. The number of rotatable bonds is 4. The molecule has 0 aliphatic rings. The molecule has 0 spiro atoms. The fraction of sp³-hybridized carbons (Fsp3) is 0.200. The van der Waals surface area contributed by atoms with Crippen LogP contribution in [0.2, 0.25) is 10.0 Å². The molecule has 1 amide bonds. The average Bonchev–Trinajstić information content (AvgIpc) is 2.41. The third-order valence-corrected chi connectivity index (χ3v) is 3.53. The summed E-state index contributed by atoms with van der Waals surface area (Å²) in [5.74, 6) is -0.124. The normalized spacial score (nSPS) is 10.3. The lowest BCUT2D eigenvalue weighted by atomic mass is 10.1. The molecule has 2 aromatic rings. The SMILES string of the molecule is Cc1ncccc1C(=O)NCCc1ccc(Cl)cc1Cl.